The summed E-state index contributed by atoms with van der Waals surface area (Å²) in [7, 11) is 0. The summed E-state index contributed by atoms with van der Waals surface area (Å²) in [6, 6.07) is 7.64. The van der Waals surface area contributed by atoms with Gasteiger partial charge in [0.15, 0.2) is 16.8 Å². The number of amides is 1. The maximum Gasteiger partial charge on any atom is 0.260 e. The molecule has 28 heavy (non-hydrogen) atoms. The third-order valence-electron chi connectivity index (χ3n) is 4.54. The zero-order valence-corrected chi connectivity index (χ0v) is 16.4. The van der Waals surface area contributed by atoms with Gasteiger partial charge in [0.25, 0.3) is 5.91 Å². The van der Waals surface area contributed by atoms with Gasteiger partial charge in [-0.3, -0.25) is 9.69 Å². The number of thiazole rings is 1. The van der Waals surface area contributed by atoms with Crippen LogP contribution < -0.4 is 4.90 Å². The van der Waals surface area contributed by atoms with E-state index in [2.05, 4.69) is 9.88 Å². The van der Waals surface area contributed by atoms with Crippen molar-refractivity contribution in [3.8, 4) is 0 Å². The first-order valence-electron chi connectivity index (χ1n) is 8.98. The second-order valence-electron chi connectivity index (χ2n) is 6.20. The van der Waals surface area contributed by atoms with Crippen molar-refractivity contribution in [3.05, 3.63) is 59.4 Å². The Morgan fingerprint density at radius 2 is 1.75 bits per heavy atom. The normalized spacial score (nSPS) is 11.4. The number of aromatic nitrogens is 1. The molecule has 0 fully saturated rings. The zero-order valence-electron chi connectivity index (χ0n) is 15.6. The maximum absolute atomic E-state index is 14.0. The number of likely N-dealkylation sites (N-methyl/N-ethyl adjacent to an activating group) is 1. The fraction of sp³-hybridized carbons (Fsp3) is 0.300. The summed E-state index contributed by atoms with van der Waals surface area (Å²) in [5.74, 6) is -3.09. The van der Waals surface area contributed by atoms with Crippen molar-refractivity contribution >= 4 is 32.6 Å². The van der Waals surface area contributed by atoms with Gasteiger partial charge in [0.05, 0.1) is 4.70 Å². The summed E-state index contributed by atoms with van der Waals surface area (Å²) >= 11 is 1.18. The molecule has 1 aromatic heterocycles. The summed E-state index contributed by atoms with van der Waals surface area (Å²) in [6.45, 7) is 6.49. The van der Waals surface area contributed by atoms with Crippen LogP contribution in [0.5, 0.6) is 0 Å². The van der Waals surface area contributed by atoms with E-state index in [1.807, 2.05) is 13.8 Å². The Kier molecular flexibility index (Phi) is 6.31. The molecule has 3 rings (SSSR count). The van der Waals surface area contributed by atoms with Crippen LogP contribution in [0.25, 0.3) is 10.2 Å². The molecule has 0 aliphatic rings. The van der Waals surface area contributed by atoms with E-state index < -0.39 is 23.4 Å². The van der Waals surface area contributed by atoms with E-state index in [-0.39, 0.29) is 11.1 Å². The summed E-state index contributed by atoms with van der Waals surface area (Å²) < 4.78 is 41.6. The van der Waals surface area contributed by atoms with Crippen LogP contribution in [0.15, 0.2) is 36.4 Å². The van der Waals surface area contributed by atoms with Crippen molar-refractivity contribution in [2.45, 2.75) is 13.8 Å². The number of fused-ring (bicyclic) bond motifs is 1. The molecule has 3 aromatic rings. The molecule has 0 aliphatic carbocycles. The molecular weight excluding hydrogens is 387 g/mol. The highest BCUT2D eigenvalue weighted by molar-refractivity contribution is 7.22. The van der Waals surface area contributed by atoms with Crippen LogP contribution in [0.2, 0.25) is 0 Å². The molecule has 8 heteroatoms. The number of para-hydroxylation sites is 1. The van der Waals surface area contributed by atoms with Gasteiger partial charge in [0.2, 0.25) is 0 Å². The van der Waals surface area contributed by atoms with Crippen molar-refractivity contribution in [1.82, 2.24) is 9.88 Å². The zero-order chi connectivity index (χ0) is 20.3. The fourth-order valence-electron chi connectivity index (χ4n) is 2.87. The minimum Gasteiger partial charge on any atom is -0.302 e. The molecule has 0 N–H and O–H groups in total. The molecule has 2 aromatic carbocycles. The summed E-state index contributed by atoms with van der Waals surface area (Å²) in [4.78, 5) is 20.9. The number of nitrogens with zero attached hydrogens (tertiary/aromatic N) is 3. The van der Waals surface area contributed by atoms with Gasteiger partial charge < -0.3 is 4.90 Å². The van der Waals surface area contributed by atoms with Gasteiger partial charge in [-0.2, -0.15) is 0 Å². The minimum atomic E-state index is -1.09. The van der Waals surface area contributed by atoms with Gasteiger partial charge in [0, 0.05) is 18.7 Å². The molecule has 0 unspecified atom stereocenters. The molecule has 1 amide bonds. The van der Waals surface area contributed by atoms with E-state index >= 15 is 0 Å². The molecule has 0 atom stereocenters. The molecule has 148 valence electrons. The highest BCUT2D eigenvalue weighted by atomic mass is 32.1. The lowest BCUT2D eigenvalue weighted by molar-refractivity contribution is 0.0983. The summed E-state index contributed by atoms with van der Waals surface area (Å²) in [5, 5.41) is 0.321. The minimum absolute atomic E-state index is 0.0122. The average molecular weight is 407 g/mol. The van der Waals surface area contributed by atoms with Crippen LogP contribution in [0.1, 0.15) is 24.2 Å². The number of rotatable bonds is 7. The van der Waals surface area contributed by atoms with Gasteiger partial charge in [-0.05, 0) is 43.4 Å². The third-order valence-corrected chi connectivity index (χ3v) is 5.58. The van der Waals surface area contributed by atoms with Crippen LogP contribution in [-0.2, 0) is 0 Å². The first-order chi connectivity index (χ1) is 13.4. The van der Waals surface area contributed by atoms with Crippen LogP contribution in [0, 0.1) is 17.5 Å². The first-order valence-corrected chi connectivity index (χ1v) is 9.80. The van der Waals surface area contributed by atoms with Crippen molar-refractivity contribution in [3.63, 3.8) is 0 Å². The smallest absolute Gasteiger partial charge is 0.260 e. The van der Waals surface area contributed by atoms with E-state index in [1.54, 1.807) is 12.1 Å². The number of hydrogen-bond donors (Lipinski definition) is 0. The third kappa shape index (κ3) is 4.18. The number of benzene rings is 2. The lowest BCUT2D eigenvalue weighted by Crippen LogP contribution is -2.39. The predicted molar refractivity (Wildman–Crippen MR) is 105 cm³/mol. The number of halogens is 3. The Morgan fingerprint density at radius 3 is 2.39 bits per heavy atom. The fourth-order valence-corrected chi connectivity index (χ4v) is 3.87. The van der Waals surface area contributed by atoms with E-state index in [0.717, 1.165) is 25.2 Å². The van der Waals surface area contributed by atoms with Crippen molar-refractivity contribution in [2.24, 2.45) is 0 Å². The molecule has 0 bridgehead atoms. The van der Waals surface area contributed by atoms with Gasteiger partial charge in [-0.15, -0.1) is 0 Å². The number of hydrogen-bond acceptors (Lipinski definition) is 4. The number of carbonyl (C=O) groups excluding carboxylic acids is 1. The van der Waals surface area contributed by atoms with Crippen LogP contribution in [-0.4, -0.2) is 42.0 Å². The van der Waals surface area contributed by atoms with Gasteiger partial charge in [-0.25, -0.2) is 18.2 Å². The van der Waals surface area contributed by atoms with E-state index in [9.17, 15) is 18.0 Å². The van der Waals surface area contributed by atoms with Crippen molar-refractivity contribution < 1.29 is 18.0 Å². The first kappa shape index (κ1) is 20.3. The Morgan fingerprint density at radius 1 is 1.00 bits per heavy atom. The van der Waals surface area contributed by atoms with E-state index in [4.69, 9.17) is 0 Å². The van der Waals surface area contributed by atoms with Gasteiger partial charge in [-0.1, -0.05) is 31.3 Å². The van der Waals surface area contributed by atoms with Crippen LogP contribution in [0.3, 0.4) is 0 Å². The molecule has 1 heterocycles. The maximum atomic E-state index is 14.0. The highest BCUT2D eigenvalue weighted by Gasteiger charge is 2.23. The second kappa shape index (κ2) is 8.70. The van der Waals surface area contributed by atoms with E-state index in [0.29, 0.717) is 22.9 Å². The SMILES string of the molecule is CCN(CC)CCN(C(=O)c1ccc(F)c(F)c1)c1nc2c(F)cccc2s1. The summed E-state index contributed by atoms with van der Waals surface area (Å²) in [6.07, 6.45) is 0. The average Bonchev–Trinajstić information content (AvgIpc) is 3.12. The van der Waals surface area contributed by atoms with Crippen molar-refractivity contribution in [2.75, 3.05) is 31.1 Å². The largest absolute Gasteiger partial charge is 0.302 e. The Balaban J connectivity index is 1.98. The molecule has 0 saturated heterocycles. The summed E-state index contributed by atoms with van der Waals surface area (Å²) in [5.41, 5.74) is 0.201. The van der Waals surface area contributed by atoms with Crippen LogP contribution in [0.4, 0.5) is 18.3 Å². The molecule has 0 aliphatic heterocycles. The molecular formula is C20H20F3N3OS. The number of anilines is 1. The molecule has 0 spiro atoms. The number of carbonyl (C=O) groups is 1. The monoisotopic (exact) mass is 407 g/mol. The lowest BCUT2D eigenvalue weighted by Gasteiger charge is -2.24. The Labute approximate surface area is 165 Å². The van der Waals surface area contributed by atoms with E-state index in [1.165, 1.54) is 28.4 Å². The molecule has 0 saturated carbocycles. The van der Waals surface area contributed by atoms with Gasteiger partial charge in [0.1, 0.15) is 11.3 Å². The Hall–Kier alpha value is -2.45. The van der Waals surface area contributed by atoms with Crippen molar-refractivity contribution in [1.29, 1.82) is 0 Å². The quantitative estimate of drug-likeness (QED) is 0.570. The Bertz CT molecular complexity index is 988. The lowest BCUT2D eigenvalue weighted by atomic mass is 10.2. The topological polar surface area (TPSA) is 36.4 Å². The second-order valence-corrected chi connectivity index (χ2v) is 7.20. The van der Waals surface area contributed by atoms with Crippen LogP contribution >= 0.6 is 11.3 Å². The highest BCUT2D eigenvalue weighted by Crippen LogP contribution is 2.31. The molecule has 0 radical (unpaired) electrons. The predicted octanol–water partition coefficient (Wildman–Crippen LogP) is 4.70. The molecule has 4 nitrogen and oxygen atoms in total. The standard InChI is InChI=1S/C20H20F3N3OS/c1-3-25(4-2)10-11-26(19(27)13-8-9-14(21)16(23)12-13)20-24-18-15(22)6-5-7-17(18)28-20/h5-9,12H,3-4,10-11H2,1-2H3. The van der Waals surface area contributed by atoms with Gasteiger partial charge >= 0.3 is 0 Å².